The van der Waals surface area contributed by atoms with Crippen molar-refractivity contribution in [1.82, 2.24) is 4.90 Å². The van der Waals surface area contributed by atoms with Crippen LogP contribution in [0.3, 0.4) is 0 Å². The minimum atomic E-state index is -5.08. The van der Waals surface area contributed by atoms with E-state index in [1.54, 1.807) is 24.3 Å². The molecule has 7 nitrogen and oxygen atoms in total. The van der Waals surface area contributed by atoms with Gasteiger partial charge in [0.05, 0.1) is 17.7 Å². The molecular weight excluding hydrogens is 692 g/mol. The molecule has 4 atom stereocenters. The normalized spacial score (nSPS) is 21.1. The maximum absolute atomic E-state index is 15.9. The molecule has 1 aliphatic heterocycles. The first-order chi connectivity index (χ1) is 22.8. The summed E-state index contributed by atoms with van der Waals surface area (Å²) in [7, 11) is 0. The number of aliphatic carboxylic acids is 1. The average Bonchev–Trinajstić information content (AvgIpc) is 3.26. The van der Waals surface area contributed by atoms with Crippen molar-refractivity contribution in [3.8, 4) is 6.07 Å². The number of carboxylic acids is 1. The second kappa shape index (κ2) is 15.9. The lowest BCUT2D eigenvalue weighted by Gasteiger charge is -2.39. The monoisotopic (exact) mass is 727 g/mol. The predicted octanol–water partition coefficient (Wildman–Crippen LogP) is 7.66. The van der Waals surface area contributed by atoms with Crippen LogP contribution in [0.1, 0.15) is 66.6 Å². The third-order valence-corrected chi connectivity index (χ3v) is 8.99. The van der Waals surface area contributed by atoms with Gasteiger partial charge in [0.1, 0.15) is 17.0 Å². The summed E-state index contributed by atoms with van der Waals surface area (Å²) < 4.78 is 63.4. The number of carbonyl (C=O) groups is 2. The Morgan fingerprint density at radius 1 is 1.04 bits per heavy atom. The first-order valence-corrected chi connectivity index (χ1v) is 15.9. The summed E-state index contributed by atoms with van der Waals surface area (Å²) in [6.07, 6.45) is -3.35. The molecule has 0 bridgehead atoms. The van der Waals surface area contributed by atoms with Gasteiger partial charge in [0, 0.05) is 34.2 Å². The molecule has 0 aliphatic carbocycles. The number of nitriles is 1. The molecule has 1 heterocycles. The third kappa shape index (κ3) is 9.08. The molecule has 0 aromatic heterocycles. The zero-order chi connectivity index (χ0) is 36.9. The number of nitrogens with two attached hydrogens (primary N) is 1. The number of aryl methyl sites for hydroxylation is 1. The zero-order valence-electron chi connectivity index (χ0n) is 26.9. The van der Waals surface area contributed by atoms with E-state index in [1.807, 2.05) is 37.8 Å². The lowest BCUT2D eigenvalue weighted by atomic mass is 9.62. The molecule has 0 radical (unpaired) electrons. The van der Waals surface area contributed by atoms with E-state index in [1.165, 1.54) is 24.3 Å². The third-order valence-electron chi connectivity index (χ3n) is 8.46. The minimum absolute atomic E-state index is 0.107. The van der Waals surface area contributed by atoms with Gasteiger partial charge in [0.15, 0.2) is 0 Å². The summed E-state index contributed by atoms with van der Waals surface area (Å²) in [4.78, 5) is 22.4. The number of carboxylic acid groups (broad SMARTS) is 1. The van der Waals surface area contributed by atoms with Crippen LogP contribution in [0.5, 0.6) is 0 Å². The fourth-order valence-corrected chi connectivity index (χ4v) is 6.82. The van der Waals surface area contributed by atoms with Crippen molar-refractivity contribution in [2.45, 2.75) is 69.6 Å². The smallest absolute Gasteiger partial charge is 0.475 e. The summed E-state index contributed by atoms with van der Waals surface area (Å²) >= 11 is 12.3. The summed E-state index contributed by atoms with van der Waals surface area (Å²) in [6.45, 7) is 6.16. The van der Waals surface area contributed by atoms with Crippen LogP contribution < -0.4 is 5.73 Å². The minimum Gasteiger partial charge on any atom is -0.475 e. The van der Waals surface area contributed by atoms with E-state index in [0.717, 1.165) is 5.56 Å². The molecule has 1 saturated heterocycles. The SMILES string of the molecule is CC(C)(C)C[C@@H]1N(CCCc2ccc(C(N)=O)cc2)[C@@H](CO)[C@H](c2cccc(Cl)c2F)[C@@]1(C#N)c1ccc(Cl)cc1F.O=C(O)C(F)(F)F. The van der Waals surface area contributed by atoms with Gasteiger partial charge in [-0.25, -0.2) is 13.6 Å². The van der Waals surface area contributed by atoms with Gasteiger partial charge in [-0.3, -0.25) is 9.69 Å². The van der Waals surface area contributed by atoms with Crippen molar-refractivity contribution in [3.05, 3.63) is 105 Å². The van der Waals surface area contributed by atoms with Crippen molar-refractivity contribution in [1.29, 1.82) is 5.26 Å². The number of alkyl halides is 3. The number of hydrogen-bond donors (Lipinski definition) is 3. The predicted molar refractivity (Wildman–Crippen MR) is 175 cm³/mol. The second-order valence-corrected chi connectivity index (χ2v) is 13.8. The molecule has 4 N–H and O–H groups in total. The maximum atomic E-state index is 15.9. The maximum Gasteiger partial charge on any atom is 0.490 e. The van der Waals surface area contributed by atoms with Crippen molar-refractivity contribution in [3.63, 3.8) is 0 Å². The standard InChI is InChI=1S/C33H35Cl2F2N3O2.C2HF3O2/c1-32(2,3)17-28-33(19-38,24-14-13-22(34)16-26(24)36)29(23-7-4-8-25(35)30(23)37)27(18-41)40(28)15-5-6-20-9-11-21(12-10-20)31(39)42;3-2(4,5)1(6)7/h4,7-14,16,27-29,41H,5-6,15,17-18H2,1-3H3,(H2,39,42);(H,6,7)/t27-,28-,29-,33-;/m0./s1. The Hall–Kier alpha value is -3.76. The molecule has 4 rings (SSSR count). The Labute approximate surface area is 291 Å². The van der Waals surface area contributed by atoms with E-state index in [-0.39, 0.29) is 33.2 Å². The molecule has 3 aromatic carbocycles. The molecule has 0 unspecified atom stereocenters. The fraction of sp³-hybridized carbons (Fsp3) is 0.400. The molecule has 1 fully saturated rings. The molecule has 14 heteroatoms. The molecule has 0 spiro atoms. The molecule has 0 saturated carbocycles. The van der Waals surface area contributed by atoms with E-state index < -0.39 is 53.1 Å². The number of benzene rings is 3. The van der Waals surface area contributed by atoms with Crippen LogP contribution in [-0.2, 0) is 16.6 Å². The largest absolute Gasteiger partial charge is 0.490 e. The number of nitrogens with zero attached hydrogens (tertiary/aromatic N) is 2. The number of aliphatic hydroxyl groups excluding tert-OH is 1. The number of likely N-dealkylation sites (tertiary alicyclic amines) is 1. The van der Waals surface area contributed by atoms with Gasteiger partial charge >= 0.3 is 12.1 Å². The lowest BCUT2D eigenvalue weighted by molar-refractivity contribution is -0.192. The first-order valence-electron chi connectivity index (χ1n) is 15.1. The summed E-state index contributed by atoms with van der Waals surface area (Å²) in [5, 5.41) is 29.1. The van der Waals surface area contributed by atoms with E-state index >= 15 is 8.78 Å². The van der Waals surface area contributed by atoms with Gasteiger partial charge in [-0.1, -0.05) is 74.3 Å². The molecule has 3 aromatic rings. The van der Waals surface area contributed by atoms with Gasteiger partial charge in [-0.05, 0) is 72.7 Å². The second-order valence-electron chi connectivity index (χ2n) is 13.0. The Balaban J connectivity index is 0.000000838. The van der Waals surface area contributed by atoms with Crippen LogP contribution in [-0.4, -0.2) is 58.4 Å². The van der Waals surface area contributed by atoms with Gasteiger partial charge in [0.2, 0.25) is 5.91 Å². The highest BCUT2D eigenvalue weighted by molar-refractivity contribution is 6.31. The van der Waals surface area contributed by atoms with Crippen LogP contribution in [0.25, 0.3) is 0 Å². The van der Waals surface area contributed by atoms with Crippen LogP contribution in [0.15, 0.2) is 60.7 Å². The van der Waals surface area contributed by atoms with Gasteiger partial charge in [-0.2, -0.15) is 18.4 Å². The number of amides is 1. The number of primary amides is 1. The molecular formula is C35H36Cl2F5N3O4. The topological polar surface area (TPSA) is 128 Å². The molecule has 49 heavy (non-hydrogen) atoms. The first kappa shape index (κ1) is 39.7. The number of halogens is 7. The van der Waals surface area contributed by atoms with E-state index in [9.17, 15) is 28.3 Å². The van der Waals surface area contributed by atoms with Gasteiger partial charge < -0.3 is 15.9 Å². The molecule has 1 aliphatic rings. The number of rotatable bonds is 9. The highest BCUT2D eigenvalue weighted by atomic mass is 35.5. The highest BCUT2D eigenvalue weighted by Crippen LogP contribution is 2.56. The lowest BCUT2D eigenvalue weighted by Crippen LogP contribution is -2.47. The number of hydrogen-bond acceptors (Lipinski definition) is 5. The van der Waals surface area contributed by atoms with E-state index in [4.69, 9.17) is 38.8 Å². The van der Waals surface area contributed by atoms with Crippen LogP contribution in [0.4, 0.5) is 22.0 Å². The Kier molecular flexibility index (Phi) is 12.8. The summed E-state index contributed by atoms with van der Waals surface area (Å²) in [6, 6.07) is 17.0. The van der Waals surface area contributed by atoms with Crippen molar-refractivity contribution in [2.24, 2.45) is 11.1 Å². The van der Waals surface area contributed by atoms with Crippen LogP contribution in [0.2, 0.25) is 10.0 Å². The Bertz CT molecular complexity index is 1690. The van der Waals surface area contributed by atoms with Gasteiger partial charge in [0.25, 0.3) is 0 Å². The number of aliphatic hydroxyl groups is 1. The van der Waals surface area contributed by atoms with Gasteiger partial charge in [-0.15, -0.1) is 0 Å². The number of carbonyl (C=O) groups excluding carboxylic acids is 1. The van der Waals surface area contributed by atoms with Crippen LogP contribution >= 0.6 is 23.2 Å². The zero-order valence-corrected chi connectivity index (χ0v) is 28.4. The average molecular weight is 729 g/mol. The molecule has 264 valence electrons. The molecule has 1 amide bonds. The van der Waals surface area contributed by atoms with E-state index in [2.05, 4.69) is 6.07 Å². The highest BCUT2D eigenvalue weighted by Gasteiger charge is 2.62. The van der Waals surface area contributed by atoms with Crippen molar-refractivity contribution in [2.75, 3.05) is 13.2 Å². The van der Waals surface area contributed by atoms with Crippen molar-refractivity contribution < 1.29 is 41.8 Å². The van der Waals surface area contributed by atoms with Crippen LogP contribution in [0, 0.1) is 28.4 Å². The van der Waals surface area contributed by atoms with E-state index in [0.29, 0.717) is 31.4 Å². The Morgan fingerprint density at radius 3 is 2.14 bits per heavy atom. The summed E-state index contributed by atoms with van der Waals surface area (Å²) in [5.41, 5.74) is 5.14. The quantitative estimate of drug-likeness (QED) is 0.194. The Morgan fingerprint density at radius 2 is 1.65 bits per heavy atom. The fourth-order valence-electron chi connectivity index (χ4n) is 6.48. The van der Waals surface area contributed by atoms with Crippen molar-refractivity contribution >= 4 is 35.1 Å². The summed E-state index contributed by atoms with van der Waals surface area (Å²) in [5.74, 6) is -5.56.